The first-order valence-corrected chi connectivity index (χ1v) is 7.53. The van der Waals surface area contributed by atoms with E-state index in [0.29, 0.717) is 0 Å². The maximum atomic E-state index is 11.8. The van der Waals surface area contributed by atoms with Crippen molar-refractivity contribution in [3.05, 3.63) is 45.5 Å². The summed E-state index contributed by atoms with van der Waals surface area (Å²) in [5.41, 5.74) is 3.16. The Morgan fingerprint density at radius 2 is 2.26 bits per heavy atom. The molecule has 102 valence electrons. The van der Waals surface area contributed by atoms with Gasteiger partial charge in [-0.2, -0.15) is 0 Å². The van der Waals surface area contributed by atoms with Crippen LogP contribution in [0.5, 0.6) is 0 Å². The Hall–Kier alpha value is -1.49. The van der Waals surface area contributed by atoms with Gasteiger partial charge in [0.25, 0.3) is 5.56 Å². The maximum absolute atomic E-state index is 11.8. The van der Waals surface area contributed by atoms with Gasteiger partial charge in [-0.15, -0.1) is 0 Å². The lowest BCUT2D eigenvalue weighted by Gasteiger charge is -2.26. The molecular weight excluding hydrogens is 258 g/mol. The minimum absolute atomic E-state index is 0.0559. The normalized spacial score (nSPS) is 18.6. The van der Waals surface area contributed by atoms with Crippen LogP contribution < -0.4 is 10.9 Å². The number of hydrogen-bond acceptors (Lipinski definition) is 4. The predicted octanol–water partition coefficient (Wildman–Crippen LogP) is 2.35. The number of aliphatic imine (C=N–C) groups is 1. The number of aromatic nitrogens is 1. The van der Waals surface area contributed by atoms with Crippen molar-refractivity contribution in [3.8, 4) is 0 Å². The van der Waals surface area contributed by atoms with Crippen molar-refractivity contribution >= 4 is 16.9 Å². The monoisotopic (exact) mass is 277 g/mol. The first kappa shape index (κ1) is 13.9. The highest BCUT2D eigenvalue weighted by Crippen LogP contribution is 2.27. The zero-order chi connectivity index (χ0) is 14.0. The number of amidine groups is 1. The summed E-state index contributed by atoms with van der Waals surface area (Å²) in [5, 5.41) is 4.33. The fourth-order valence-corrected chi connectivity index (χ4v) is 2.64. The average Bonchev–Trinajstić information content (AvgIpc) is 2.43. The lowest BCUT2D eigenvalue weighted by molar-refractivity contribution is 0.688. The molecule has 0 saturated carbocycles. The lowest BCUT2D eigenvalue weighted by atomic mass is 9.97. The van der Waals surface area contributed by atoms with E-state index in [4.69, 9.17) is 0 Å². The summed E-state index contributed by atoms with van der Waals surface area (Å²) in [6, 6.07) is 2.07. The molecule has 0 radical (unpaired) electrons. The SMILES string of the molecule is CCC1=CN=C(SC)NC1c1cc(C)c(=O)n(C)c1. The van der Waals surface area contributed by atoms with Gasteiger partial charge < -0.3 is 9.88 Å². The quantitative estimate of drug-likeness (QED) is 0.902. The standard InChI is InChI=1S/C14H19N3OS/c1-5-10-7-15-14(19-4)16-12(10)11-6-9(2)13(18)17(3)8-11/h6-8,12H,5H2,1-4H3,(H,15,16). The third-order valence-electron chi connectivity index (χ3n) is 3.30. The van der Waals surface area contributed by atoms with E-state index in [1.165, 1.54) is 5.57 Å². The molecule has 0 saturated heterocycles. The van der Waals surface area contributed by atoms with Crippen molar-refractivity contribution in [2.24, 2.45) is 12.0 Å². The van der Waals surface area contributed by atoms with Gasteiger partial charge in [0.1, 0.15) is 0 Å². The third kappa shape index (κ3) is 2.76. The fourth-order valence-electron chi connectivity index (χ4n) is 2.24. The van der Waals surface area contributed by atoms with E-state index in [0.717, 1.165) is 22.7 Å². The van der Waals surface area contributed by atoms with Crippen molar-refractivity contribution < 1.29 is 0 Å². The van der Waals surface area contributed by atoms with Crippen LogP contribution in [0.25, 0.3) is 0 Å². The highest BCUT2D eigenvalue weighted by atomic mass is 32.2. The van der Waals surface area contributed by atoms with Crippen LogP contribution in [0.4, 0.5) is 0 Å². The lowest BCUT2D eigenvalue weighted by Crippen LogP contribution is -2.31. The molecular formula is C14H19N3OS. The average molecular weight is 277 g/mol. The number of pyridine rings is 1. The fraction of sp³-hybridized carbons (Fsp3) is 0.429. The van der Waals surface area contributed by atoms with Gasteiger partial charge in [-0.1, -0.05) is 18.7 Å². The Labute approximate surface area is 117 Å². The van der Waals surface area contributed by atoms with Crippen molar-refractivity contribution in [3.63, 3.8) is 0 Å². The van der Waals surface area contributed by atoms with Gasteiger partial charge in [0.2, 0.25) is 0 Å². The molecule has 0 amide bonds. The van der Waals surface area contributed by atoms with E-state index in [1.807, 2.05) is 31.6 Å². The molecule has 0 spiro atoms. The van der Waals surface area contributed by atoms with Crippen LogP contribution in [0.1, 0.15) is 30.5 Å². The summed E-state index contributed by atoms with van der Waals surface area (Å²) in [5.74, 6) is 0. The van der Waals surface area contributed by atoms with Crippen LogP contribution in [0.3, 0.4) is 0 Å². The topological polar surface area (TPSA) is 46.4 Å². The van der Waals surface area contributed by atoms with E-state index < -0.39 is 0 Å². The number of thioether (sulfide) groups is 1. The van der Waals surface area contributed by atoms with Gasteiger partial charge >= 0.3 is 0 Å². The highest BCUT2D eigenvalue weighted by molar-refractivity contribution is 8.13. The number of nitrogens with zero attached hydrogens (tertiary/aromatic N) is 2. The first-order chi connectivity index (χ1) is 9.06. The molecule has 1 atom stereocenters. The molecule has 1 aromatic rings. The maximum Gasteiger partial charge on any atom is 0.253 e. The molecule has 1 N–H and O–H groups in total. The Bertz CT molecular complexity index is 575. The van der Waals surface area contributed by atoms with Crippen molar-refractivity contribution in [1.29, 1.82) is 0 Å². The largest absolute Gasteiger partial charge is 0.354 e. The number of nitrogens with one attached hydrogen (secondary N) is 1. The van der Waals surface area contributed by atoms with Crippen LogP contribution in [-0.4, -0.2) is 16.0 Å². The van der Waals surface area contributed by atoms with Gasteiger partial charge in [-0.3, -0.25) is 4.79 Å². The summed E-state index contributed by atoms with van der Waals surface area (Å²) in [7, 11) is 1.79. The molecule has 0 aromatic carbocycles. The smallest absolute Gasteiger partial charge is 0.253 e. The molecule has 0 fully saturated rings. The molecule has 1 aromatic heterocycles. The Morgan fingerprint density at radius 1 is 1.53 bits per heavy atom. The van der Waals surface area contributed by atoms with Gasteiger partial charge in [-0.25, -0.2) is 4.99 Å². The molecule has 1 aliphatic rings. The first-order valence-electron chi connectivity index (χ1n) is 6.31. The molecule has 0 aliphatic carbocycles. The van der Waals surface area contributed by atoms with Crippen LogP contribution in [0, 0.1) is 6.92 Å². The van der Waals surface area contributed by atoms with Gasteiger partial charge in [0.15, 0.2) is 5.17 Å². The number of hydrogen-bond donors (Lipinski definition) is 1. The van der Waals surface area contributed by atoms with E-state index in [2.05, 4.69) is 17.2 Å². The number of aryl methyl sites for hydroxylation is 2. The zero-order valence-electron chi connectivity index (χ0n) is 11.7. The third-order valence-corrected chi connectivity index (χ3v) is 3.91. The molecule has 1 aliphatic heterocycles. The van der Waals surface area contributed by atoms with Gasteiger partial charge in [-0.05, 0) is 36.8 Å². The highest BCUT2D eigenvalue weighted by Gasteiger charge is 2.21. The van der Waals surface area contributed by atoms with Gasteiger partial charge in [0, 0.05) is 25.0 Å². The zero-order valence-corrected chi connectivity index (χ0v) is 12.5. The van der Waals surface area contributed by atoms with Crippen molar-refractivity contribution in [1.82, 2.24) is 9.88 Å². The summed E-state index contributed by atoms with van der Waals surface area (Å²) in [6.07, 6.45) is 6.78. The predicted molar refractivity (Wildman–Crippen MR) is 81.6 cm³/mol. The minimum atomic E-state index is 0.0559. The molecule has 0 bridgehead atoms. The van der Waals surface area contributed by atoms with E-state index in [1.54, 1.807) is 23.4 Å². The second-order valence-corrected chi connectivity index (χ2v) is 5.44. The van der Waals surface area contributed by atoms with Crippen molar-refractivity contribution in [2.75, 3.05) is 6.26 Å². The number of rotatable bonds is 2. The molecule has 1 unspecified atom stereocenters. The van der Waals surface area contributed by atoms with E-state index in [9.17, 15) is 4.79 Å². The summed E-state index contributed by atoms with van der Waals surface area (Å²) >= 11 is 1.59. The molecule has 2 rings (SSSR count). The van der Waals surface area contributed by atoms with Gasteiger partial charge in [0.05, 0.1) is 6.04 Å². The second kappa shape index (κ2) is 5.65. The summed E-state index contributed by atoms with van der Waals surface area (Å²) in [4.78, 5) is 16.2. The van der Waals surface area contributed by atoms with Crippen molar-refractivity contribution in [2.45, 2.75) is 26.3 Å². The molecule has 2 heterocycles. The Morgan fingerprint density at radius 3 is 2.84 bits per heavy atom. The summed E-state index contributed by atoms with van der Waals surface area (Å²) < 4.78 is 1.64. The second-order valence-electron chi connectivity index (χ2n) is 4.65. The van der Waals surface area contributed by atoms with Crippen LogP contribution in [0.2, 0.25) is 0 Å². The summed E-state index contributed by atoms with van der Waals surface area (Å²) in [6.45, 7) is 3.97. The molecule has 4 nitrogen and oxygen atoms in total. The van der Waals surface area contributed by atoms with E-state index in [-0.39, 0.29) is 11.6 Å². The van der Waals surface area contributed by atoms with Crippen LogP contribution in [-0.2, 0) is 7.05 Å². The molecule has 5 heteroatoms. The molecule has 19 heavy (non-hydrogen) atoms. The van der Waals surface area contributed by atoms with Crippen LogP contribution in [0.15, 0.2) is 33.8 Å². The Balaban J connectivity index is 2.44. The Kier molecular flexibility index (Phi) is 4.14. The minimum Gasteiger partial charge on any atom is -0.354 e. The van der Waals surface area contributed by atoms with E-state index >= 15 is 0 Å². The van der Waals surface area contributed by atoms with Crippen LogP contribution >= 0.6 is 11.8 Å².